The van der Waals surface area contributed by atoms with E-state index in [0.29, 0.717) is 11.7 Å². The molecule has 2 aromatic rings. The van der Waals surface area contributed by atoms with Crippen LogP contribution in [0.25, 0.3) is 0 Å². The second-order valence-corrected chi connectivity index (χ2v) is 7.20. The molecule has 4 rings (SSSR count). The van der Waals surface area contributed by atoms with Crippen LogP contribution in [0.15, 0.2) is 36.5 Å². The quantitative estimate of drug-likeness (QED) is 0.887. The van der Waals surface area contributed by atoms with Crippen LogP contribution in [-0.2, 0) is 0 Å². The van der Waals surface area contributed by atoms with E-state index >= 15 is 0 Å². The molecule has 0 aliphatic carbocycles. The van der Waals surface area contributed by atoms with Gasteiger partial charge < -0.3 is 15.5 Å². The van der Waals surface area contributed by atoms with E-state index < -0.39 is 0 Å². The van der Waals surface area contributed by atoms with Crippen molar-refractivity contribution in [3.05, 3.63) is 42.2 Å². The third kappa shape index (κ3) is 3.75. The van der Waals surface area contributed by atoms with Gasteiger partial charge in [0, 0.05) is 25.8 Å². The van der Waals surface area contributed by atoms with E-state index in [0.717, 1.165) is 50.4 Å². The van der Waals surface area contributed by atoms with Crippen molar-refractivity contribution >= 4 is 17.3 Å². The molecule has 1 aromatic carbocycles. The van der Waals surface area contributed by atoms with Gasteiger partial charge in [0.25, 0.3) is 5.91 Å². The van der Waals surface area contributed by atoms with Crippen LogP contribution in [0.1, 0.15) is 48.6 Å². The van der Waals surface area contributed by atoms with Crippen molar-refractivity contribution in [2.24, 2.45) is 0 Å². The molecule has 3 heterocycles. The molecule has 0 spiro atoms. The van der Waals surface area contributed by atoms with Crippen molar-refractivity contribution in [2.75, 3.05) is 36.4 Å². The Hall–Kier alpha value is -2.34. The van der Waals surface area contributed by atoms with Gasteiger partial charge in [0.05, 0.1) is 17.4 Å². The van der Waals surface area contributed by atoms with E-state index in [1.807, 2.05) is 35.1 Å². The number of aromatic nitrogens is 2. The van der Waals surface area contributed by atoms with E-state index in [1.165, 1.54) is 19.3 Å². The third-order valence-corrected chi connectivity index (χ3v) is 5.33. The molecule has 1 unspecified atom stereocenters. The van der Waals surface area contributed by atoms with Gasteiger partial charge in [-0.15, -0.1) is 0 Å². The van der Waals surface area contributed by atoms with Crippen LogP contribution in [0.2, 0.25) is 0 Å². The SMILES string of the molecule is O=C(Nc1ccccc1N1CCCCC1)c1ccn(C2CCCNC2)n1. The standard InChI is InChI=1S/C20H27N5O/c26-20(18-10-14-25(23-18)16-7-6-11-21-15-16)22-17-8-2-3-9-19(17)24-12-4-1-5-13-24/h2-3,8-10,14,16,21H,1,4-7,11-13,15H2,(H,22,26). The molecule has 2 N–H and O–H groups in total. The van der Waals surface area contributed by atoms with E-state index in [4.69, 9.17) is 0 Å². The number of rotatable bonds is 4. The summed E-state index contributed by atoms with van der Waals surface area (Å²) in [5, 5.41) is 11.0. The Morgan fingerprint density at radius 2 is 1.96 bits per heavy atom. The number of amides is 1. The Labute approximate surface area is 154 Å². The Balaban J connectivity index is 1.47. The molecule has 26 heavy (non-hydrogen) atoms. The molecule has 0 saturated carbocycles. The Morgan fingerprint density at radius 3 is 2.77 bits per heavy atom. The minimum atomic E-state index is -0.142. The van der Waals surface area contributed by atoms with Crippen molar-refractivity contribution in [1.29, 1.82) is 0 Å². The smallest absolute Gasteiger partial charge is 0.276 e. The van der Waals surface area contributed by atoms with Crippen molar-refractivity contribution in [3.8, 4) is 0 Å². The van der Waals surface area contributed by atoms with Gasteiger partial charge >= 0.3 is 0 Å². The molecule has 1 atom stereocenters. The van der Waals surface area contributed by atoms with Gasteiger partial charge in [-0.3, -0.25) is 9.48 Å². The Bertz CT molecular complexity index is 744. The van der Waals surface area contributed by atoms with Crippen LogP contribution < -0.4 is 15.5 Å². The molecule has 0 bridgehead atoms. The highest BCUT2D eigenvalue weighted by molar-refractivity contribution is 6.04. The first-order valence-corrected chi connectivity index (χ1v) is 9.72. The molecule has 0 radical (unpaired) electrons. The lowest BCUT2D eigenvalue weighted by atomic mass is 10.1. The van der Waals surface area contributed by atoms with Crippen LogP contribution >= 0.6 is 0 Å². The van der Waals surface area contributed by atoms with E-state index in [2.05, 4.69) is 26.7 Å². The molecule has 2 aliphatic rings. The maximum absolute atomic E-state index is 12.7. The average molecular weight is 353 g/mol. The highest BCUT2D eigenvalue weighted by Gasteiger charge is 2.19. The Morgan fingerprint density at radius 1 is 1.12 bits per heavy atom. The molecular weight excluding hydrogens is 326 g/mol. The maximum Gasteiger partial charge on any atom is 0.276 e. The highest BCUT2D eigenvalue weighted by atomic mass is 16.2. The molecule has 6 heteroatoms. The van der Waals surface area contributed by atoms with E-state index in [-0.39, 0.29) is 5.91 Å². The Kier molecular flexibility index (Phi) is 5.20. The highest BCUT2D eigenvalue weighted by Crippen LogP contribution is 2.28. The van der Waals surface area contributed by atoms with Gasteiger partial charge in [-0.1, -0.05) is 12.1 Å². The minimum absolute atomic E-state index is 0.142. The summed E-state index contributed by atoms with van der Waals surface area (Å²) in [4.78, 5) is 15.1. The number of hydrogen-bond acceptors (Lipinski definition) is 4. The number of anilines is 2. The lowest BCUT2D eigenvalue weighted by molar-refractivity contribution is 0.102. The molecular formula is C20H27N5O. The predicted molar refractivity (Wildman–Crippen MR) is 104 cm³/mol. The molecule has 2 aliphatic heterocycles. The average Bonchev–Trinajstić information content (AvgIpc) is 3.20. The first kappa shape index (κ1) is 17.1. The molecule has 2 fully saturated rings. The number of carbonyl (C=O) groups is 1. The zero-order chi connectivity index (χ0) is 17.8. The molecule has 138 valence electrons. The predicted octanol–water partition coefficient (Wildman–Crippen LogP) is 3.05. The number of piperidine rings is 2. The third-order valence-electron chi connectivity index (χ3n) is 5.33. The van der Waals surface area contributed by atoms with Crippen LogP contribution in [0, 0.1) is 0 Å². The van der Waals surface area contributed by atoms with E-state index in [1.54, 1.807) is 0 Å². The summed E-state index contributed by atoms with van der Waals surface area (Å²) in [6.07, 6.45) is 7.88. The normalized spacial score (nSPS) is 20.8. The number of carbonyl (C=O) groups excluding carboxylic acids is 1. The molecule has 2 saturated heterocycles. The summed E-state index contributed by atoms with van der Waals surface area (Å²) in [6, 6.07) is 10.2. The number of nitrogens with one attached hydrogen (secondary N) is 2. The topological polar surface area (TPSA) is 62.2 Å². The van der Waals surface area contributed by atoms with Crippen LogP contribution in [-0.4, -0.2) is 41.9 Å². The van der Waals surface area contributed by atoms with Gasteiger partial charge in [0.15, 0.2) is 5.69 Å². The summed E-state index contributed by atoms with van der Waals surface area (Å²) >= 11 is 0. The van der Waals surface area contributed by atoms with Crippen molar-refractivity contribution in [3.63, 3.8) is 0 Å². The monoisotopic (exact) mass is 353 g/mol. The van der Waals surface area contributed by atoms with Crippen molar-refractivity contribution in [1.82, 2.24) is 15.1 Å². The first-order chi connectivity index (χ1) is 12.8. The van der Waals surface area contributed by atoms with Crippen LogP contribution in [0.5, 0.6) is 0 Å². The summed E-state index contributed by atoms with van der Waals surface area (Å²) in [5.41, 5.74) is 2.45. The summed E-state index contributed by atoms with van der Waals surface area (Å²) in [6.45, 7) is 4.09. The van der Waals surface area contributed by atoms with Crippen molar-refractivity contribution < 1.29 is 4.79 Å². The summed E-state index contributed by atoms with van der Waals surface area (Å²) in [7, 11) is 0. The molecule has 1 aromatic heterocycles. The van der Waals surface area contributed by atoms with Gasteiger partial charge in [-0.2, -0.15) is 5.10 Å². The zero-order valence-corrected chi connectivity index (χ0v) is 15.2. The van der Waals surface area contributed by atoms with Gasteiger partial charge in [-0.25, -0.2) is 0 Å². The fourth-order valence-corrected chi connectivity index (χ4v) is 3.90. The van der Waals surface area contributed by atoms with Crippen LogP contribution in [0.3, 0.4) is 0 Å². The lowest BCUT2D eigenvalue weighted by Crippen LogP contribution is -2.32. The first-order valence-electron chi connectivity index (χ1n) is 9.72. The minimum Gasteiger partial charge on any atom is -0.370 e. The second kappa shape index (κ2) is 7.91. The lowest BCUT2D eigenvalue weighted by Gasteiger charge is -2.30. The number of hydrogen-bond donors (Lipinski definition) is 2. The van der Waals surface area contributed by atoms with Gasteiger partial charge in [0.1, 0.15) is 0 Å². The van der Waals surface area contributed by atoms with Crippen LogP contribution in [0.4, 0.5) is 11.4 Å². The van der Waals surface area contributed by atoms with Crippen molar-refractivity contribution in [2.45, 2.75) is 38.1 Å². The summed E-state index contributed by atoms with van der Waals surface area (Å²) in [5.74, 6) is -0.142. The van der Waals surface area contributed by atoms with E-state index in [9.17, 15) is 4.79 Å². The number of benzene rings is 1. The maximum atomic E-state index is 12.7. The number of nitrogens with zero attached hydrogens (tertiary/aromatic N) is 3. The molecule has 1 amide bonds. The fraction of sp³-hybridized carbons (Fsp3) is 0.500. The van der Waals surface area contributed by atoms with Gasteiger partial charge in [0.2, 0.25) is 0 Å². The molecule has 6 nitrogen and oxygen atoms in total. The second-order valence-electron chi connectivity index (χ2n) is 7.20. The zero-order valence-electron chi connectivity index (χ0n) is 15.2. The fourth-order valence-electron chi connectivity index (χ4n) is 3.90. The van der Waals surface area contributed by atoms with Gasteiger partial charge in [-0.05, 0) is 56.8 Å². The number of para-hydroxylation sites is 2. The largest absolute Gasteiger partial charge is 0.370 e. The summed E-state index contributed by atoms with van der Waals surface area (Å²) < 4.78 is 1.93.